The molecule has 2 aromatic carbocycles. The van der Waals surface area contributed by atoms with E-state index < -0.39 is 0 Å². The molecule has 0 radical (unpaired) electrons. The van der Waals surface area contributed by atoms with Crippen molar-refractivity contribution in [1.29, 1.82) is 0 Å². The number of aromatic nitrogens is 2. The van der Waals surface area contributed by atoms with Gasteiger partial charge in [0.15, 0.2) is 17.9 Å². The maximum absolute atomic E-state index is 2.73. The van der Waals surface area contributed by atoms with Gasteiger partial charge in [-0.25, -0.2) is 0 Å². The van der Waals surface area contributed by atoms with Crippen LogP contribution >= 0.6 is 0 Å². The lowest BCUT2D eigenvalue weighted by atomic mass is 9.57. The van der Waals surface area contributed by atoms with E-state index in [1.807, 2.05) is 0 Å². The second-order valence-corrected chi connectivity index (χ2v) is 14.7. The van der Waals surface area contributed by atoms with Crippen molar-refractivity contribution in [1.82, 2.24) is 0 Å². The van der Waals surface area contributed by atoms with Gasteiger partial charge in [0, 0.05) is 48.6 Å². The van der Waals surface area contributed by atoms with Gasteiger partial charge in [-0.2, -0.15) is 9.13 Å². The molecule has 2 heteroatoms. The summed E-state index contributed by atoms with van der Waals surface area (Å²) in [6.07, 6.45) is 9.33. The van der Waals surface area contributed by atoms with Crippen molar-refractivity contribution in [2.45, 2.75) is 116 Å². The van der Waals surface area contributed by atoms with Crippen molar-refractivity contribution in [2.75, 3.05) is 0 Å². The average molecular weight is 559 g/mol. The summed E-state index contributed by atoms with van der Waals surface area (Å²) < 4.78 is 5.26. The molecule has 0 N–H and O–H groups in total. The molecule has 2 aliphatic rings. The molecular weight excluding hydrogens is 508 g/mol. The molecule has 2 unspecified atom stereocenters. The van der Waals surface area contributed by atoms with Crippen LogP contribution in [0.15, 0.2) is 79.1 Å². The van der Waals surface area contributed by atoms with Gasteiger partial charge in [-0.3, -0.25) is 0 Å². The summed E-state index contributed by atoms with van der Waals surface area (Å²) in [7, 11) is 0. The van der Waals surface area contributed by atoms with E-state index in [1.54, 1.807) is 0 Å². The van der Waals surface area contributed by atoms with Crippen LogP contribution in [0.2, 0.25) is 0 Å². The highest BCUT2D eigenvalue weighted by atomic mass is 15.1. The first-order chi connectivity index (χ1) is 19.9. The maximum atomic E-state index is 2.73. The smallest absolute Gasteiger partial charge is 0.198 e. The lowest BCUT2D eigenvalue weighted by molar-refractivity contribution is -0.769. The highest BCUT2D eigenvalue weighted by Crippen LogP contribution is 2.55. The minimum Gasteiger partial charge on any atom is -0.198 e. The summed E-state index contributed by atoms with van der Waals surface area (Å²) in [6.45, 7) is 22.6. The van der Waals surface area contributed by atoms with Gasteiger partial charge in [0.1, 0.15) is 6.54 Å². The van der Waals surface area contributed by atoms with Crippen molar-refractivity contribution in [2.24, 2.45) is 0 Å². The van der Waals surface area contributed by atoms with E-state index in [9.17, 15) is 0 Å². The Morgan fingerprint density at radius 2 is 1.33 bits per heavy atom. The predicted octanol–water partition coefficient (Wildman–Crippen LogP) is 9.05. The molecule has 0 fully saturated rings. The molecule has 4 aromatic rings. The Balaban J connectivity index is 1.54. The number of aryl methyl sites for hydroxylation is 3. The zero-order valence-corrected chi connectivity index (χ0v) is 27.4. The zero-order chi connectivity index (χ0) is 30.1. The van der Waals surface area contributed by atoms with E-state index >= 15 is 0 Å². The highest BCUT2D eigenvalue weighted by Gasteiger charge is 2.60. The maximum Gasteiger partial charge on any atom is 0.215 e. The molecule has 0 bridgehead atoms. The number of benzene rings is 2. The molecule has 3 heterocycles. The molecule has 1 aliphatic carbocycles. The number of fused-ring (bicyclic) bond motifs is 4. The molecule has 2 aromatic heterocycles. The van der Waals surface area contributed by atoms with Gasteiger partial charge in [0.05, 0.1) is 11.0 Å². The van der Waals surface area contributed by atoms with Gasteiger partial charge in [0.25, 0.3) is 0 Å². The van der Waals surface area contributed by atoms with Gasteiger partial charge < -0.3 is 0 Å². The minimum absolute atomic E-state index is 0.0116. The van der Waals surface area contributed by atoms with Crippen molar-refractivity contribution >= 4 is 0 Å². The molecule has 0 spiro atoms. The first-order valence-corrected chi connectivity index (χ1v) is 16.2. The molecule has 0 amide bonds. The van der Waals surface area contributed by atoms with Gasteiger partial charge in [-0.1, -0.05) is 77.9 Å². The summed E-state index contributed by atoms with van der Waals surface area (Å²) in [5.41, 5.74) is 13.0. The standard InChI is InChI=1S/C40H50N2/c1-10-39(9)40(11-2,22-24-41-23-16-18-29(4)36(41)30-19-13-12-17-28(30)3)32-21-15-14-20-31(32)35-25-33-34(26-42(35)39)38(7,8)27-37(33,5)6/h12-21,23,25-26H,10-11,22,24,27H2,1-9H3/q+2. The van der Waals surface area contributed by atoms with Crippen LogP contribution in [0.3, 0.4) is 0 Å². The zero-order valence-electron chi connectivity index (χ0n) is 27.4. The average Bonchev–Trinajstić information content (AvgIpc) is 3.15. The highest BCUT2D eigenvalue weighted by molar-refractivity contribution is 5.67. The minimum atomic E-state index is -0.0590. The number of hydrogen-bond donors (Lipinski definition) is 0. The fourth-order valence-electron chi connectivity index (χ4n) is 9.24. The van der Waals surface area contributed by atoms with Crippen LogP contribution in [0.1, 0.15) is 102 Å². The predicted molar refractivity (Wildman–Crippen MR) is 175 cm³/mol. The normalized spacial score (nSPS) is 23.3. The first kappa shape index (κ1) is 28.8. The Labute approximate surface area is 254 Å². The molecule has 218 valence electrons. The number of rotatable bonds is 6. The molecule has 42 heavy (non-hydrogen) atoms. The van der Waals surface area contributed by atoms with Crippen LogP contribution in [0.25, 0.3) is 22.5 Å². The van der Waals surface area contributed by atoms with Crippen LogP contribution in [0.4, 0.5) is 0 Å². The Bertz CT molecular complexity index is 1680. The van der Waals surface area contributed by atoms with Crippen LogP contribution < -0.4 is 9.13 Å². The van der Waals surface area contributed by atoms with E-state index in [0.29, 0.717) is 0 Å². The number of pyridine rings is 2. The largest absolute Gasteiger partial charge is 0.215 e. The lowest BCUT2D eigenvalue weighted by Gasteiger charge is -2.48. The first-order valence-electron chi connectivity index (χ1n) is 16.2. The second kappa shape index (κ2) is 9.90. The van der Waals surface area contributed by atoms with E-state index in [0.717, 1.165) is 25.8 Å². The van der Waals surface area contributed by atoms with E-state index in [4.69, 9.17) is 0 Å². The van der Waals surface area contributed by atoms with Gasteiger partial charge >= 0.3 is 0 Å². The fourth-order valence-corrected chi connectivity index (χ4v) is 9.24. The quantitative estimate of drug-likeness (QED) is 0.209. The summed E-state index contributed by atoms with van der Waals surface area (Å²) >= 11 is 0. The monoisotopic (exact) mass is 558 g/mol. The number of hydrogen-bond acceptors (Lipinski definition) is 0. The molecule has 2 atom stereocenters. The Kier molecular flexibility index (Phi) is 6.80. The van der Waals surface area contributed by atoms with E-state index in [1.165, 1.54) is 56.8 Å². The van der Waals surface area contributed by atoms with Crippen LogP contribution in [0.5, 0.6) is 0 Å². The third-order valence-electron chi connectivity index (χ3n) is 11.5. The summed E-state index contributed by atoms with van der Waals surface area (Å²) in [5.74, 6) is 0. The van der Waals surface area contributed by atoms with E-state index in [-0.39, 0.29) is 21.8 Å². The van der Waals surface area contributed by atoms with Gasteiger partial charge in [0.2, 0.25) is 11.4 Å². The summed E-state index contributed by atoms with van der Waals surface area (Å²) in [5, 5.41) is 0. The van der Waals surface area contributed by atoms with Crippen molar-refractivity contribution in [3.05, 3.63) is 107 Å². The number of nitrogens with zero attached hydrogens (tertiary/aromatic N) is 2. The molecule has 1 aliphatic heterocycles. The van der Waals surface area contributed by atoms with Crippen LogP contribution in [-0.2, 0) is 28.3 Å². The molecule has 6 rings (SSSR count). The lowest BCUT2D eigenvalue weighted by Crippen LogP contribution is -2.69. The summed E-state index contributed by atoms with van der Waals surface area (Å²) in [4.78, 5) is 0. The molecule has 0 saturated heterocycles. The van der Waals surface area contributed by atoms with Gasteiger partial charge in [-0.05, 0) is 72.4 Å². The van der Waals surface area contributed by atoms with Crippen LogP contribution in [0, 0.1) is 13.8 Å². The molecule has 2 nitrogen and oxygen atoms in total. The van der Waals surface area contributed by atoms with Crippen molar-refractivity contribution < 1.29 is 9.13 Å². The second-order valence-electron chi connectivity index (χ2n) is 14.7. The van der Waals surface area contributed by atoms with Crippen molar-refractivity contribution in [3.8, 4) is 22.5 Å². The van der Waals surface area contributed by atoms with Gasteiger partial charge in [-0.15, -0.1) is 0 Å². The van der Waals surface area contributed by atoms with Crippen molar-refractivity contribution in [3.63, 3.8) is 0 Å². The Morgan fingerprint density at radius 3 is 2.02 bits per heavy atom. The Hall–Kier alpha value is -3.26. The third-order valence-corrected chi connectivity index (χ3v) is 11.5. The van der Waals surface area contributed by atoms with E-state index in [2.05, 4.69) is 151 Å². The Morgan fingerprint density at radius 1 is 0.690 bits per heavy atom. The summed E-state index contributed by atoms with van der Waals surface area (Å²) in [6, 6.07) is 25.2. The third kappa shape index (κ3) is 4.04. The SMILES string of the molecule is CCC1(CC[n+]2cccc(C)c2-c2ccccc2C)c2ccccc2-c2cc3c(c[n+]2C1(C)CC)C(C)(C)CC3(C)C. The van der Waals surface area contributed by atoms with Crippen LogP contribution in [-0.4, -0.2) is 0 Å². The molecule has 0 saturated carbocycles. The molecular formula is C40H50N2+2. The fraction of sp³-hybridized carbons (Fsp3) is 0.450. The topological polar surface area (TPSA) is 7.76 Å².